The third-order valence-electron chi connectivity index (χ3n) is 6.00. The number of thiazole rings is 1. The highest BCUT2D eigenvalue weighted by Gasteiger charge is 2.33. The van der Waals surface area contributed by atoms with Crippen molar-refractivity contribution in [3.8, 4) is 11.3 Å². The number of carbonyl (C=O) groups excluding carboxylic acids is 1. The minimum absolute atomic E-state index is 0.142. The molecule has 0 radical (unpaired) electrons. The predicted octanol–water partition coefficient (Wildman–Crippen LogP) is 4.41. The smallest absolute Gasteiger partial charge is 0.338 e. The van der Waals surface area contributed by atoms with Crippen LogP contribution >= 0.6 is 22.9 Å². The van der Waals surface area contributed by atoms with Crippen LogP contribution in [-0.2, 0) is 9.53 Å². The van der Waals surface area contributed by atoms with Crippen LogP contribution in [0.2, 0.25) is 5.02 Å². The van der Waals surface area contributed by atoms with Gasteiger partial charge in [0, 0.05) is 16.7 Å². The molecule has 0 saturated carbocycles. The van der Waals surface area contributed by atoms with E-state index >= 15 is 0 Å². The molecule has 2 aromatic carbocycles. The second-order valence-corrected chi connectivity index (χ2v) is 9.89. The summed E-state index contributed by atoms with van der Waals surface area (Å²) in [5.74, 6) is -0.698. The van der Waals surface area contributed by atoms with Gasteiger partial charge >= 0.3 is 11.9 Å². The van der Waals surface area contributed by atoms with Crippen LogP contribution in [0, 0.1) is 0 Å². The first kappa shape index (κ1) is 25.4. The summed E-state index contributed by atoms with van der Waals surface area (Å²) < 4.78 is 13.1. The van der Waals surface area contributed by atoms with Gasteiger partial charge in [0.15, 0.2) is 4.80 Å². The average Bonchev–Trinajstić information content (AvgIpc) is 3.48. The molecule has 0 fully saturated rings. The third-order valence-corrected chi connectivity index (χ3v) is 7.23. The molecule has 38 heavy (non-hydrogen) atoms. The van der Waals surface area contributed by atoms with Crippen LogP contribution in [0.3, 0.4) is 0 Å². The zero-order valence-electron chi connectivity index (χ0n) is 20.3. The van der Waals surface area contributed by atoms with E-state index in [1.54, 1.807) is 68.5 Å². The van der Waals surface area contributed by atoms with E-state index in [4.69, 9.17) is 20.8 Å². The zero-order chi connectivity index (χ0) is 27.0. The number of carbonyl (C=O) groups is 2. The molecule has 0 saturated heterocycles. The second kappa shape index (κ2) is 10.3. The topological polar surface area (TPSA) is 111 Å². The Balaban J connectivity index is 1.61. The van der Waals surface area contributed by atoms with Crippen molar-refractivity contribution in [2.75, 3.05) is 6.61 Å². The number of nitrogens with zero attached hydrogens (tertiary/aromatic N) is 2. The number of hydrogen-bond acceptors (Lipinski definition) is 7. The fourth-order valence-corrected chi connectivity index (χ4v) is 5.42. The van der Waals surface area contributed by atoms with Crippen LogP contribution in [0.5, 0.6) is 0 Å². The summed E-state index contributed by atoms with van der Waals surface area (Å²) in [6.45, 7) is 3.62. The van der Waals surface area contributed by atoms with Gasteiger partial charge in [-0.1, -0.05) is 47.2 Å². The van der Waals surface area contributed by atoms with E-state index in [0.29, 0.717) is 42.7 Å². The van der Waals surface area contributed by atoms with E-state index in [1.165, 1.54) is 28.0 Å². The number of benzene rings is 2. The summed E-state index contributed by atoms with van der Waals surface area (Å²) in [6, 6.07) is 16.0. The molecule has 1 aliphatic rings. The van der Waals surface area contributed by atoms with Crippen molar-refractivity contribution in [2.24, 2.45) is 4.99 Å². The number of hydrogen-bond donors (Lipinski definition) is 1. The Morgan fingerprint density at radius 3 is 2.66 bits per heavy atom. The maximum absolute atomic E-state index is 13.7. The maximum atomic E-state index is 13.7. The van der Waals surface area contributed by atoms with Crippen molar-refractivity contribution >= 4 is 41.0 Å². The third kappa shape index (κ3) is 4.73. The largest absolute Gasteiger partial charge is 0.478 e. The van der Waals surface area contributed by atoms with Gasteiger partial charge < -0.3 is 14.3 Å². The quantitative estimate of drug-likeness (QED) is 0.357. The first-order valence-electron chi connectivity index (χ1n) is 11.7. The lowest BCUT2D eigenvalue weighted by Gasteiger charge is -2.24. The number of furan rings is 1. The molecule has 1 atom stereocenters. The molecule has 0 amide bonds. The van der Waals surface area contributed by atoms with E-state index in [1.807, 2.05) is 0 Å². The standard InChI is InChI=1S/C28H21ClN2O6S/c1-3-36-27(35)23-15(2)30-28-31(24(23)16-7-9-19(29)10-8-16)25(32)22(38-28)14-20-11-12-21(37-20)17-5-4-6-18(13-17)26(33)34/h4-14,24H,3H2,1-2H3,(H,33,34)/b22-14-/t24-/m1/s1. The molecule has 10 heteroatoms. The zero-order valence-corrected chi connectivity index (χ0v) is 21.9. The van der Waals surface area contributed by atoms with Gasteiger partial charge in [-0.25, -0.2) is 14.6 Å². The van der Waals surface area contributed by atoms with Gasteiger partial charge in [0.05, 0.1) is 34.0 Å². The molecule has 3 heterocycles. The molecule has 5 rings (SSSR count). The van der Waals surface area contributed by atoms with E-state index in [-0.39, 0.29) is 23.3 Å². The fourth-order valence-electron chi connectivity index (χ4n) is 4.27. The average molecular weight is 549 g/mol. The Kier molecular flexibility index (Phi) is 6.88. The number of fused-ring (bicyclic) bond motifs is 1. The lowest BCUT2D eigenvalue weighted by atomic mass is 9.96. The number of esters is 1. The van der Waals surface area contributed by atoms with Crippen molar-refractivity contribution in [3.05, 3.63) is 114 Å². The summed E-state index contributed by atoms with van der Waals surface area (Å²) in [5.41, 5.74) is 1.85. The number of rotatable bonds is 6. The van der Waals surface area contributed by atoms with Crippen molar-refractivity contribution < 1.29 is 23.8 Å². The number of carboxylic acid groups (broad SMARTS) is 1. The highest BCUT2D eigenvalue weighted by atomic mass is 35.5. The van der Waals surface area contributed by atoms with Crippen molar-refractivity contribution in [1.29, 1.82) is 0 Å². The molecule has 1 aliphatic heterocycles. The molecule has 2 aromatic heterocycles. The first-order chi connectivity index (χ1) is 18.3. The predicted molar refractivity (Wildman–Crippen MR) is 143 cm³/mol. The highest BCUT2D eigenvalue weighted by molar-refractivity contribution is 7.07. The number of carboxylic acids is 1. The molecule has 0 unspecified atom stereocenters. The number of halogens is 1. The summed E-state index contributed by atoms with van der Waals surface area (Å²) >= 11 is 7.27. The van der Waals surface area contributed by atoms with E-state index in [2.05, 4.69) is 4.99 Å². The summed E-state index contributed by atoms with van der Waals surface area (Å²) in [5, 5.41) is 9.80. The Morgan fingerprint density at radius 2 is 1.95 bits per heavy atom. The van der Waals surface area contributed by atoms with Crippen LogP contribution < -0.4 is 14.9 Å². The second-order valence-electron chi connectivity index (χ2n) is 8.44. The van der Waals surface area contributed by atoms with Gasteiger partial charge in [-0.3, -0.25) is 9.36 Å². The van der Waals surface area contributed by atoms with Crippen LogP contribution in [0.25, 0.3) is 17.4 Å². The molecule has 4 aromatic rings. The van der Waals surface area contributed by atoms with Crippen molar-refractivity contribution in [1.82, 2.24) is 4.57 Å². The number of aromatic carboxylic acids is 1. The lowest BCUT2D eigenvalue weighted by molar-refractivity contribution is -0.139. The normalized spacial score (nSPS) is 15.2. The lowest BCUT2D eigenvalue weighted by Crippen LogP contribution is -2.39. The Bertz CT molecular complexity index is 1780. The molecule has 0 spiro atoms. The summed E-state index contributed by atoms with van der Waals surface area (Å²) in [4.78, 5) is 42.9. The molecule has 8 nitrogen and oxygen atoms in total. The Labute approximate surface area is 225 Å². The first-order valence-corrected chi connectivity index (χ1v) is 12.8. The molecular weight excluding hydrogens is 528 g/mol. The SMILES string of the molecule is CCOC(=O)C1=C(C)N=c2s/c(=C\c3ccc(-c4cccc(C(=O)O)c4)o3)c(=O)n2[C@@H]1c1ccc(Cl)cc1. The highest BCUT2D eigenvalue weighted by Crippen LogP contribution is 2.31. The van der Waals surface area contributed by atoms with Crippen LogP contribution in [-0.4, -0.2) is 28.2 Å². The Morgan fingerprint density at radius 1 is 1.18 bits per heavy atom. The van der Waals surface area contributed by atoms with Gasteiger partial charge in [-0.15, -0.1) is 0 Å². The Hall–Kier alpha value is -4.21. The maximum Gasteiger partial charge on any atom is 0.338 e. The van der Waals surface area contributed by atoms with Crippen molar-refractivity contribution in [2.45, 2.75) is 19.9 Å². The molecule has 0 aliphatic carbocycles. The number of ether oxygens (including phenoxy) is 1. The van der Waals surface area contributed by atoms with E-state index < -0.39 is 18.0 Å². The van der Waals surface area contributed by atoms with Crippen LogP contribution in [0.1, 0.15) is 41.6 Å². The minimum atomic E-state index is -1.03. The monoisotopic (exact) mass is 548 g/mol. The van der Waals surface area contributed by atoms with Gasteiger partial charge in [0.1, 0.15) is 11.5 Å². The molecule has 0 bridgehead atoms. The van der Waals surface area contributed by atoms with Crippen LogP contribution in [0.15, 0.2) is 86.1 Å². The molecule has 1 N–H and O–H groups in total. The van der Waals surface area contributed by atoms with Gasteiger partial charge in [-0.05, 0) is 55.8 Å². The molecule has 192 valence electrons. The number of aromatic nitrogens is 1. The fraction of sp³-hybridized carbons (Fsp3) is 0.143. The summed E-state index contributed by atoms with van der Waals surface area (Å²) in [7, 11) is 0. The minimum Gasteiger partial charge on any atom is -0.478 e. The van der Waals surface area contributed by atoms with E-state index in [9.17, 15) is 19.5 Å². The number of allylic oxidation sites excluding steroid dienone is 1. The summed E-state index contributed by atoms with van der Waals surface area (Å²) in [6.07, 6.45) is 1.61. The van der Waals surface area contributed by atoms with Gasteiger partial charge in [-0.2, -0.15) is 0 Å². The van der Waals surface area contributed by atoms with Crippen LogP contribution in [0.4, 0.5) is 0 Å². The molecular formula is C28H21ClN2O6S. The van der Waals surface area contributed by atoms with Gasteiger partial charge in [0.25, 0.3) is 5.56 Å². The van der Waals surface area contributed by atoms with Crippen molar-refractivity contribution in [3.63, 3.8) is 0 Å². The van der Waals surface area contributed by atoms with Gasteiger partial charge in [0.2, 0.25) is 0 Å². The van der Waals surface area contributed by atoms with E-state index in [0.717, 1.165) is 0 Å².